The molecule has 0 bridgehead atoms. The number of ether oxygens (including phenoxy) is 1. The predicted molar refractivity (Wildman–Crippen MR) is 108 cm³/mol. The average Bonchev–Trinajstić information content (AvgIpc) is 2.91. The molecule has 1 aromatic heterocycles. The Morgan fingerprint density at radius 2 is 2.00 bits per heavy atom. The minimum atomic E-state index is -0.153. The van der Waals surface area contributed by atoms with Gasteiger partial charge >= 0.3 is 0 Å². The zero-order valence-electron chi connectivity index (χ0n) is 14.8. The van der Waals surface area contributed by atoms with Gasteiger partial charge in [0.15, 0.2) is 5.78 Å². The van der Waals surface area contributed by atoms with E-state index in [0.717, 1.165) is 17.0 Å². The van der Waals surface area contributed by atoms with Gasteiger partial charge in [-0.2, -0.15) is 4.68 Å². The highest BCUT2D eigenvalue weighted by Gasteiger charge is 2.15. The smallest absolute Gasteiger partial charge is 0.240 e. The first kappa shape index (κ1) is 18.9. The van der Waals surface area contributed by atoms with Crippen molar-refractivity contribution >= 4 is 41.2 Å². The number of ketones is 1. The Balaban J connectivity index is 1.83. The number of nitrogen functional groups attached to an aromatic ring is 1. The fraction of sp³-hybridized carbons (Fsp3) is 0.167. The maximum absolute atomic E-state index is 12.6. The van der Waals surface area contributed by atoms with E-state index in [4.69, 9.17) is 34.3 Å². The Bertz CT molecular complexity index is 1040. The van der Waals surface area contributed by atoms with Gasteiger partial charge in [-0.3, -0.25) is 10.2 Å². The van der Waals surface area contributed by atoms with E-state index in [1.54, 1.807) is 37.4 Å². The minimum Gasteiger partial charge on any atom is -0.497 e. The molecule has 0 aliphatic rings. The molecule has 0 amide bonds. The molecule has 0 atom stereocenters. The zero-order valence-corrected chi connectivity index (χ0v) is 16.3. The van der Waals surface area contributed by atoms with Gasteiger partial charge in [-0.15, -0.1) is 5.10 Å². The molecule has 1 heterocycles. The molecule has 7 nitrogen and oxygen atoms in total. The van der Waals surface area contributed by atoms with Crippen LogP contribution in [-0.2, 0) is 6.54 Å². The summed E-state index contributed by atoms with van der Waals surface area (Å²) < 4.78 is 8.22. The van der Waals surface area contributed by atoms with E-state index in [2.05, 4.69) is 10.5 Å². The van der Waals surface area contributed by atoms with Gasteiger partial charge in [0.25, 0.3) is 0 Å². The topological polar surface area (TPSA) is 87.1 Å². The van der Waals surface area contributed by atoms with Crippen molar-refractivity contribution in [2.24, 2.45) is 0 Å². The van der Waals surface area contributed by atoms with Crippen molar-refractivity contribution in [1.29, 1.82) is 0 Å². The number of hydrogen-bond acceptors (Lipinski definition) is 6. The SMILES string of the molecule is COc1ccc(Nn2c(N)nn(CC(=O)c3cc(Cl)ccc3C)c2=S)cc1. The van der Waals surface area contributed by atoms with Gasteiger partial charge in [0.2, 0.25) is 10.7 Å². The molecule has 0 saturated heterocycles. The first-order valence-electron chi connectivity index (χ1n) is 8.05. The number of Topliss-reactive ketones (excluding diaryl/α,β-unsaturated/α-hetero) is 1. The fourth-order valence-corrected chi connectivity index (χ4v) is 2.96. The quantitative estimate of drug-likeness (QED) is 0.481. The number of hydrogen-bond donors (Lipinski definition) is 2. The van der Waals surface area contributed by atoms with Gasteiger partial charge in [0, 0.05) is 10.6 Å². The third-order valence-corrected chi connectivity index (χ3v) is 4.62. The van der Waals surface area contributed by atoms with Gasteiger partial charge in [-0.1, -0.05) is 17.7 Å². The summed E-state index contributed by atoms with van der Waals surface area (Å²) in [6.45, 7) is 1.81. The van der Waals surface area contributed by atoms with Crippen molar-refractivity contribution in [3.63, 3.8) is 0 Å². The summed E-state index contributed by atoms with van der Waals surface area (Å²) in [7, 11) is 1.60. The van der Waals surface area contributed by atoms with E-state index < -0.39 is 0 Å². The van der Waals surface area contributed by atoms with Crippen LogP contribution in [0.15, 0.2) is 42.5 Å². The summed E-state index contributed by atoms with van der Waals surface area (Å²) in [5, 5.41) is 4.67. The molecule has 0 aliphatic carbocycles. The van der Waals surface area contributed by atoms with Crippen LogP contribution in [0.25, 0.3) is 0 Å². The number of aryl methyl sites for hydroxylation is 1. The molecule has 0 fully saturated rings. The standard InChI is InChI=1S/C18H18ClN5O2S/c1-11-3-4-12(19)9-15(11)16(25)10-23-18(27)24(17(20)22-23)21-13-5-7-14(26-2)8-6-13/h3-9,21H,10H2,1-2H3,(H2,20,22). The number of carbonyl (C=O) groups excluding carboxylic acids is 1. The summed E-state index contributed by atoms with van der Waals surface area (Å²) >= 11 is 11.4. The minimum absolute atomic E-state index is 0.0402. The molecule has 3 N–H and O–H groups in total. The second kappa shape index (κ2) is 7.81. The van der Waals surface area contributed by atoms with Crippen molar-refractivity contribution < 1.29 is 9.53 Å². The summed E-state index contributed by atoms with van der Waals surface area (Å²) in [5.41, 5.74) is 11.1. The third kappa shape index (κ3) is 4.12. The first-order valence-corrected chi connectivity index (χ1v) is 8.83. The molecule has 3 aromatic rings. The molecule has 0 aliphatic heterocycles. The van der Waals surface area contributed by atoms with Crippen LogP contribution >= 0.6 is 23.8 Å². The highest BCUT2D eigenvalue weighted by Crippen LogP contribution is 2.18. The maximum atomic E-state index is 12.6. The Morgan fingerprint density at radius 1 is 1.30 bits per heavy atom. The van der Waals surface area contributed by atoms with E-state index in [1.807, 2.05) is 19.1 Å². The van der Waals surface area contributed by atoms with E-state index in [9.17, 15) is 4.79 Å². The largest absolute Gasteiger partial charge is 0.497 e. The molecule has 27 heavy (non-hydrogen) atoms. The summed E-state index contributed by atoms with van der Waals surface area (Å²) in [6, 6.07) is 12.4. The number of nitrogens with two attached hydrogens (primary N) is 1. The van der Waals surface area contributed by atoms with Crippen LogP contribution in [0.2, 0.25) is 5.02 Å². The van der Waals surface area contributed by atoms with Crippen molar-refractivity contribution in [1.82, 2.24) is 14.5 Å². The first-order chi connectivity index (χ1) is 12.9. The molecule has 0 radical (unpaired) electrons. The lowest BCUT2D eigenvalue weighted by molar-refractivity contribution is 0.0966. The van der Waals surface area contributed by atoms with E-state index in [1.165, 1.54) is 9.36 Å². The molecule has 0 saturated carbocycles. The highest BCUT2D eigenvalue weighted by atomic mass is 35.5. The Labute approximate surface area is 166 Å². The molecule has 0 spiro atoms. The second-order valence-corrected chi connectivity index (χ2v) is 6.66. The van der Waals surface area contributed by atoms with Gasteiger partial charge in [-0.25, -0.2) is 4.68 Å². The van der Waals surface area contributed by atoms with Gasteiger partial charge in [-0.05, 0) is 61.1 Å². The number of benzene rings is 2. The lowest BCUT2D eigenvalue weighted by atomic mass is 10.1. The number of aromatic nitrogens is 3. The number of carbonyl (C=O) groups is 1. The Hall–Kier alpha value is -2.84. The number of nitrogens with zero attached hydrogens (tertiary/aromatic N) is 3. The van der Waals surface area contributed by atoms with Crippen LogP contribution < -0.4 is 15.9 Å². The fourth-order valence-electron chi connectivity index (χ4n) is 2.54. The second-order valence-electron chi connectivity index (χ2n) is 5.86. The molecule has 140 valence electrons. The molecule has 2 aromatic carbocycles. The normalized spacial score (nSPS) is 10.6. The van der Waals surface area contributed by atoms with Gasteiger partial charge in [0.05, 0.1) is 12.8 Å². The Morgan fingerprint density at radius 3 is 2.67 bits per heavy atom. The van der Waals surface area contributed by atoms with Crippen LogP contribution in [0, 0.1) is 11.7 Å². The van der Waals surface area contributed by atoms with E-state index in [0.29, 0.717) is 10.6 Å². The van der Waals surface area contributed by atoms with Crippen LogP contribution in [0.4, 0.5) is 11.6 Å². The molecular weight excluding hydrogens is 386 g/mol. The molecule has 9 heteroatoms. The van der Waals surface area contributed by atoms with Crippen molar-refractivity contribution in [3.8, 4) is 5.75 Å². The van der Waals surface area contributed by atoms with Crippen LogP contribution in [0.5, 0.6) is 5.75 Å². The maximum Gasteiger partial charge on any atom is 0.240 e. The summed E-state index contributed by atoms with van der Waals surface area (Å²) in [6.07, 6.45) is 0. The van der Waals surface area contributed by atoms with Gasteiger partial charge in [0.1, 0.15) is 12.3 Å². The summed E-state index contributed by atoms with van der Waals surface area (Å²) in [5.74, 6) is 0.724. The van der Waals surface area contributed by atoms with Crippen LogP contribution in [-0.4, -0.2) is 27.3 Å². The van der Waals surface area contributed by atoms with Crippen molar-refractivity contribution in [2.45, 2.75) is 13.5 Å². The van der Waals surface area contributed by atoms with Crippen molar-refractivity contribution in [2.75, 3.05) is 18.3 Å². The summed E-state index contributed by atoms with van der Waals surface area (Å²) in [4.78, 5) is 12.6. The zero-order chi connectivity index (χ0) is 19.6. The molecular formula is C18H18ClN5O2S. The van der Waals surface area contributed by atoms with Crippen LogP contribution in [0.1, 0.15) is 15.9 Å². The number of methoxy groups -OCH3 is 1. The molecule has 3 rings (SSSR count). The number of halogens is 1. The number of rotatable bonds is 6. The highest BCUT2D eigenvalue weighted by molar-refractivity contribution is 7.71. The monoisotopic (exact) mass is 403 g/mol. The van der Waals surface area contributed by atoms with Crippen LogP contribution in [0.3, 0.4) is 0 Å². The Kier molecular flexibility index (Phi) is 5.48. The lowest BCUT2D eigenvalue weighted by Gasteiger charge is -2.08. The number of nitrogens with one attached hydrogen (secondary N) is 1. The lowest BCUT2D eigenvalue weighted by Crippen LogP contribution is -2.15. The van der Waals surface area contributed by atoms with E-state index in [-0.39, 0.29) is 23.0 Å². The number of anilines is 2. The average molecular weight is 404 g/mol. The third-order valence-electron chi connectivity index (χ3n) is 3.99. The van der Waals surface area contributed by atoms with E-state index >= 15 is 0 Å². The molecule has 0 unspecified atom stereocenters. The van der Waals surface area contributed by atoms with Crippen molar-refractivity contribution in [3.05, 3.63) is 63.4 Å². The predicted octanol–water partition coefficient (Wildman–Crippen LogP) is 3.72. The van der Waals surface area contributed by atoms with Gasteiger partial charge < -0.3 is 10.5 Å².